The summed E-state index contributed by atoms with van der Waals surface area (Å²) in [6, 6.07) is 9.78. The fourth-order valence-corrected chi connectivity index (χ4v) is 3.24. The molecule has 0 unspecified atom stereocenters. The standard InChI is InChI=1S/C20H18ClF3N2O5S/c1-13-2-4-14(5-3-13)8-9-32(29,30)25-11-19(28)31-12-18(27)26-15-6-7-17(21)16(10-15)20(22,23)24/h2-10,25H,11-12H2,1H3,(H,26,27). The van der Waals surface area contributed by atoms with Crippen LogP contribution in [0.15, 0.2) is 47.9 Å². The Morgan fingerprint density at radius 2 is 1.78 bits per heavy atom. The highest BCUT2D eigenvalue weighted by atomic mass is 35.5. The molecule has 0 fully saturated rings. The van der Waals surface area contributed by atoms with Gasteiger partial charge in [0, 0.05) is 11.1 Å². The number of ether oxygens (including phenoxy) is 1. The number of amides is 1. The van der Waals surface area contributed by atoms with Gasteiger partial charge in [0.05, 0.1) is 10.6 Å². The molecule has 0 heterocycles. The first-order valence-corrected chi connectivity index (χ1v) is 10.8. The summed E-state index contributed by atoms with van der Waals surface area (Å²) in [7, 11) is -3.95. The summed E-state index contributed by atoms with van der Waals surface area (Å²) in [6.45, 7) is 0.309. The maximum absolute atomic E-state index is 12.8. The van der Waals surface area contributed by atoms with Crippen molar-refractivity contribution in [1.29, 1.82) is 0 Å². The zero-order valence-corrected chi connectivity index (χ0v) is 18.1. The molecule has 0 aromatic heterocycles. The van der Waals surface area contributed by atoms with Crippen LogP contribution in [-0.2, 0) is 30.5 Å². The summed E-state index contributed by atoms with van der Waals surface area (Å²) >= 11 is 5.49. The SMILES string of the molecule is Cc1ccc(C=CS(=O)(=O)NCC(=O)OCC(=O)Nc2ccc(Cl)c(C(F)(F)F)c2)cc1. The van der Waals surface area contributed by atoms with Gasteiger partial charge in [0.2, 0.25) is 10.0 Å². The third-order valence-corrected chi connectivity index (χ3v) is 5.23. The normalized spacial score (nSPS) is 12.0. The van der Waals surface area contributed by atoms with Crippen LogP contribution in [-0.4, -0.2) is 33.4 Å². The first kappa shape index (κ1) is 25.4. The average molecular weight is 491 g/mol. The van der Waals surface area contributed by atoms with Crippen LogP contribution in [0.5, 0.6) is 0 Å². The van der Waals surface area contributed by atoms with Crippen LogP contribution >= 0.6 is 11.6 Å². The van der Waals surface area contributed by atoms with Gasteiger partial charge in [0.25, 0.3) is 5.91 Å². The molecular formula is C20H18ClF3N2O5S. The van der Waals surface area contributed by atoms with Gasteiger partial charge < -0.3 is 10.1 Å². The molecule has 0 saturated heterocycles. The van der Waals surface area contributed by atoms with Crippen LogP contribution in [0.2, 0.25) is 5.02 Å². The molecule has 12 heteroatoms. The van der Waals surface area contributed by atoms with Crippen LogP contribution in [0.1, 0.15) is 16.7 Å². The van der Waals surface area contributed by atoms with Crippen LogP contribution in [0.3, 0.4) is 0 Å². The van der Waals surface area contributed by atoms with Crippen molar-refractivity contribution < 1.29 is 35.9 Å². The van der Waals surface area contributed by atoms with E-state index < -0.39 is 51.8 Å². The number of nitrogens with one attached hydrogen (secondary N) is 2. The minimum Gasteiger partial charge on any atom is -0.455 e. The molecular weight excluding hydrogens is 473 g/mol. The number of esters is 1. The second kappa shape index (κ2) is 10.6. The summed E-state index contributed by atoms with van der Waals surface area (Å²) in [6.07, 6.45) is -3.38. The van der Waals surface area contributed by atoms with E-state index in [1.54, 1.807) is 24.3 Å². The Kier molecular flexibility index (Phi) is 8.42. The zero-order valence-electron chi connectivity index (χ0n) is 16.6. The Bertz CT molecular complexity index is 1120. The number of carbonyl (C=O) groups excluding carboxylic acids is 2. The number of anilines is 1. The summed E-state index contributed by atoms with van der Waals surface area (Å²) in [4.78, 5) is 23.5. The van der Waals surface area contributed by atoms with E-state index >= 15 is 0 Å². The molecule has 32 heavy (non-hydrogen) atoms. The number of sulfonamides is 1. The van der Waals surface area contributed by atoms with Crippen molar-refractivity contribution in [3.05, 3.63) is 69.6 Å². The monoisotopic (exact) mass is 490 g/mol. The molecule has 2 rings (SSSR count). The number of carbonyl (C=O) groups is 2. The lowest BCUT2D eigenvalue weighted by atomic mass is 10.2. The molecule has 0 spiro atoms. The van der Waals surface area contributed by atoms with E-state index in [2.05, 4.69) is 10.1 Å². The molecule has 0 aliphatic heterocycles. The highest BCUT2D eigenvalue weighted by molar-refractivity contribution is 7.92. The smallest absolute Gasteiger partial charge is 0.417 e. The van der Waals surface area contributed by atoms with Crippen molar-refractivity contribution >= 4 is 45.3 Å². The number of hydrogen-bond acceptors (Lipinski definition) is 5. The molecule has 0 bridgehead atoms. The lowest BCUT2D eigenvalue weighted by Crippen LogP contribution is -2.31. The maximum Gasteiger partial charge on any atom is 0.417 e. The molecule has 2 N–H and O–H groups in total. The Morgan fingerprint density at radius 1 is 1.12 bits per heavy atom. The van der Waals surface area contributed by atoms with E-state index in [1.165, 1.54) is 6.08 Å². The fraction of sp³-hybridized carbons (Fsp3) is 0.200. The summed E-state index contributed by atoms with van der Waals surface area (Å²) in [5.41, 5.74) is 0.301. The summed E-state index contributed by atoms with van der Waals surface area (Å²) in [5, 5.41) is 2.46. The Hall–Kier alpha value is -2.89. The minimum atomic E-state index is -4.71. The van der Waals surface area contributed by atoms with Crippen molar-refractivity contribution in [2.75, 3.05) is 18.5 Å². The lowest BCUT2D eigenvalue weighted by molar-refractivity contribution is -0.146. The van der Waals surface area contributed by atoms with Crippen molar-refractivity contribution in [2.45, 2.75) is 13.1 Å². The van der Waals surface area contributed by atoms with E-state index in [4.69, 9.17) is 11.6 Å². The molecule has 0 radical (unpaired) electrons. The second-order valence-electron chi connectivity index (χ2n) is 6.48. The molecule has 2 aromatic carbocycles. The maximum atomic E-state index is 12.8. The number of hydrogen-bond donors (Lipinski definition) is 2. The quantitative estimate of drug-likeness (QED) is 0.549. The van der Waals surface area contributed by atoms with Gasteiger partial charge in [-0.25, -0.2) is 13.1 Å². The number of benzene rings is 2. The zero-order chi connectivity index (χ0) is 23.9. The lowest BCUT2D eigenvalue weighted by Gasteiger charge is -2.12. The molecule has 0 aliphatic carbocycles. The van der Waals surface area contributed by atoms with E-state index in [0.29, 0.717) is 11.6 Å². The molecule has 2 aromatic rings. The van der Waals surface area contributed by atoms with Crippen LogP contribution in [0.4, 0.5) is 18.9 Å². The van der Waals surface area contributed by atoms with E-state index in [9.17, 15) is 31.2 Å². The third kappa shape index (κ3) is 8.33. The van der Waals surface area contributed by atoms with Crippen molar-refractivity contribution in [2.24, 2.45) is 0 Å². The minimum absolute atomic E-state index is 0.204. The Morgan fingerprint density at radius 3 is 2.41 bits per heavy atom. The van der Waals surface area contributed by atoms with E-state index in [1.807, 2.05) is 11.6 Å². The number of alkyl halides is 3. The highest BCUT2D eigenvalue weighted by Gasteiger charge is 2.33. The Labute approximate surface area is 187 Å². The van der Waals surface area contributed by atoms with Crippen molar-refractivity contribution in [3.8, 4) is 0 Å². The largest absolute Gasteiger partial charge is 0.455 e. The molecule has 172 valence electrons. The highest BCUT2D eigenvalue weighted by Crippen LogP contribution is 2.36. The van der Waals surface area contributed by atoms with Gasteiger partial charge in [-0.2, -0.15) is 13.2 Å². The van der Waals surface area contributed by atoms with Crippen molar-refractivity contribution in [1.82, 2.24) is 4.72 Å². The van der Waals surface area contributed by atoms with Gasteiger partial charge in [-0.05, 0) is 36.8 Å². The average Bonchev–Trinajstić information content (AvgIpc) is 2.71. The molecule has 1 amide bonds. The van der Waals surface area contributed by atoms with Crippen molar-refractivity contribution in [3.63, 3.8) is 0 Å². The van der Waals surface area contributed by atoms with Gasteiger partial charge in [-0.15, -0.1) is 0 Å². The van der Waals surface area contributed by atoms with E-state index in [0.717, 1.165) is 23.1 Å². The summed E-state index contributed by atoms with van der Waals surface area (Å²) in [5.74, 6) is -1.98. The number of aryl methyl sites for hydroxylation is 1. The second-order valence-corrected chi connectivity index (χ2v) is 8.54. The van der Waals surface area contributed by atoms with Gasteiger partial charge in [-0.3, -0.25) is 9.59 Å². The van der Waals surface area contributed by atoms with E-state index in [-0.39, 0.29) is 5.69 Å². The third-order valence-electron chi connectivity index (χ3n) is 3.85. The van der Waals surface area contributed by atoms with Gasteiger partial charge in [0.1, 0.15) is 6.54 Å². The fourth-order valence-electron chi connectivity index (χ4n) is 2.27. The van der Waals surface area contributed by atoms with Gasteiger partial charge in [0.15, 0.2) is 6.61 Å². The molecule has 0 aliphatic rings. The topological polar surface area (TPSA) is 102 Å². The van der Waals surface area contributed by atoms with Crippen LogP contribution < -0.4 is 10.0 Å². The number of rotatable bonds is 8. The van der Waals surface area contributed by atoms with Gasteiger partial charge in [-0.1, -0.05) is 41.4 Å². The Balaban J connectivity index is 1.82. The predicted molar refractivity (Wildman–Crippen MR) is 113 cm³/mol. The van der Waals surface area contributed by atoms with Crippen LogP contribution in [0.25, 0.3) is 6.08 Å². The summed E-state index contributed by atoms with van der Waals surface area (Å²) < 4.78 is 68.9. The molecule has 0 saturated carbocycles. The molecule has 7 nitrogen and oxygen atoms in total. The first-order valence-electron chi connectivity index (χ1n) is 8.92. The van der Waals surface area contributed by atoms with Gasteiger partial charge >= 0.3 is 12.1 Å². The predicted octanol–water partition coefficient (Wildman–Crippen LogP) is 3.74. The number of halogens is 4. The molecule has 0 atom stereocenters. The van der Waals surface area contributed by atoms with Crippen LogP contribution in [0, 0.1) is 6.92 Å². The first-order chi connectivity index (χ1) is 14.9.